The predicted molar refractivity (Wildman–Crippen MR) is 119 cm³/mol. The van der Waals surface area contributed by atoms with Crippen molar-refractivity contribution >= 4 is 28.7 Å². The second-order valence-corrected chi connectivity index (χ2v) is 7.30. The molecule has 10 heteroatoms. The van der Waals surface area contributed by atoms with Gasteiger partial charge >= 0.3 is 6.18 Å². The van der Waals surface area contributed by atoms with Crippen molar-refractivity contribution in [2.24, 2.45) is 0 Å². The number of anilines is 5. The third-order valence-electron chi connectivity index (χ3n) is 5.37. The van der Waals surface area contributed by atoms with Crippen LogP contribution in [0.25, 0.3) is 0 Å². The summed E-state index contributed by atoms with van der Waals surface area (Å²) in [5.74, 6) is 1.44. The summed E-state index contributed by atoms with van der Waals surface area (Å²) >= 11 is 0. The normalized spacial score (nSPS) is 14.4. The lowest BCUT2D eigenvalue weighted by molar-refractivity contribution is -0.136. The smallest absolute Gasteiger partial charge is 0.418 e. The molecule has 0 atom stereocenters. The van der Waals surface area contributed by atoms with Crippen LogP contribution >= 0.6 is 0 Å². The van der Waals surface area contributed by atoms with Gasteiger partial charge in [0.2, 0.25) is 0 Å². The van der Waals surface area contributed by atoms with E-state index in [4.69, 9.17) is 10.5 Å². The molecular weight excluding hydrogens is 421 g/mol. The topological polar surface area (TPSA) is 79.5 Å². The molecule has 0 bridgehead atoms. The zero-order chi connectivity index (χ0) is 22.7. The predicted octanol–water partition coefficient (Wildman–Crippen LogP) is 4.16. The summed E-state index contributed by atoms with van der Waals surface area (Å²) in [6.45, 7) is 2.81. The Labute approximate surface area is 183 Å². The van der Waals surface area contributed by atoms with Gasteiger partial charge in [0.15, 0.2) is 11.6 Å². The monoisotopic (exact) mass is 444 g/mol. The lowest BCUT2D eigenvalue weighted by Crippen LogP contribution is -2.47. The van der Waals surface area contributed by atoms with Crippen molar-refractivity contribution in [3.05, 3.63) is 60.4 Å². The van der Waals surface area contributed by atoms with Crippen LogP contribution in [-0.2, 0) is 6.18 Å². The van der Waals surface area contributed by atoms with Crippen LogP contribution in [0.2, 0.25) is 0 Å². The highest BCUT2D eigenvalue weighted by molar-refractivity contribution is 5.79. The second-order valence-electron chi connectivity index (χ2n) is 7.30. The Balaban J connectivity index is 1.49. The van der Waals surface area contributed by atoms with Crippen LogP contribution in [0, 0.1) is 0 Å². The molecule has 0 saturated carbocycles. The summed E-state index contributed by atoms with van der Waals surface area (Å²) in [5, 5.41) is 2.73. The van der Waals surface area contributed by atoms with Crippen molar-refractivity contribution in [2.75, 3.05) is 54.1 Å². The summed E-state index contributed by atoms with van der Waals surface area (Å²) in [5.41, 5.74) is 6.67. The number of para-hydroxylation sites is 1. The molecule has 4 rings (SSSR count). The number of rotatable bonds is 5. The van der Waals surface area contributed by atoms with Crippen LogP contribution in [0.15, 0.2) is 54.9 Å². The number of methoxy groups -OCH3 is 1. The molecule has 1 saturated heterocycles. The number of nitrogen functional groups attached to an aromatic ring is 1. The first kappa shape index (κ1) is 21.5. The van der Waals surface area contributed by atoms with Crippen LogP contribution in [0.1, 0.15) is 5.56 Å². The Kier molecular flexibility index (Phi) is 5.93. The fourth-order valence-electron chi connectivity index (χ4n) is 3.67. The Bertz CT molecular complexity index is 1070. The molecule has 32 heavy (non-hydrogen) atoms. The number of halogens is 3. The number of nitrogens with zero attached hydrogens (tertiary/aromatic N) is 4. The first-order valence-corrected chi connectivity index (χ1v) is 10.0. The van der Waals surface area contributed by atoms with Gasteiger partial charge in [-0.1, -0.05) is 12.1 Å². The van der Waals surface area contributed by atoms with Crippen LogP contribution < -0.4 is 25.6 Å². The van der Waals surface area contributed by atoms with Gasteiger partial charge < -0.3 is 25.6 Å². The molecule has 0 unspecified atom stereocenters. The number of ether oxygens (including phenoxy) is 1. The number of aromatic nitrogens is 2. The first-order chi connectivity index (χ1) is 15.4. The van der Waals surface area contributed by atoms with E-state index in [1.54, 1.807) is 7.11 Å². The maximum absolute atomic E-state index is 13.3. The maximum Gasteiger partial charge on any atom is 0.418 e. The van der Waals surface area contributed by atoms with Crippen LogP contribution in [-0.4, -0.2) is 43.3 Å². The van der Waals surface area contributed by atoms with E-state index in [0.717, 1.165) is 30.6 Å². The number of hydrogen-bond acceptors (Lipinski definition) is 7. The molecule has 2 aromatic carbocycles. The minimum Gasteiger partial charge on any atom is -0.497 e. The minimum absolute atomic E-state index is 0.110. The Morgan fingerprint density at radius 2 is 1.59 bits per heavy atom. The van der Waals surface area contributed by atoms with E-state index in [2.05, 4.69) is 20.2 Å². The van der Waals surface area contributed by atoms with Crippen molar-refractivity contribution in [1.82, 2.24) is 9.97 Å². The highest BCUT2D eigenvalue weighted by atomic mass is 19.4. The van der Waals surface area contributed by atoms with Gasteiger partial charge in [-0.2, -0.15) is 13.2 Å². The lowest BCUT2D eigenvalue weighted by Gasteiger charge is -2.37. The van der Waals surface area contributed by atoms with E-state index < -0.39 is 11.7 Å². The molecule has 1 aliphatic rings. The average molecular weight is 444 g/mol. The summed E-state index contributed by atoms with van der Waals surface area (Å²) in [4.78, 5) is 12.6. The number of piperazine rings is 1. The molecule has 1 aromatic heterocycles. The maximum atomic E-state index is 13.3. The number of alkyl halides is 3. The van der Waals surface area contributed by atoms with Crippen molar-refractivity contribution in [3.63, 3.8) is 0 Å². The second kappa shape index (κ2) is 8.81. The third-order valence-corrected chi connectivity index (χ3v) is 5.37. The largest absolute Gasteiger partial charge is 0.497 e. The van der Waals surface area contributed by atoms with E-state index in [9.17, 15) is 13.2 Å². The molecule has 0 radical (unpaired) electrons. The van der Waals surface area contributed by atoms with Crippen molar-refractivity contribution < 1.29 is 17.9 Å². The first-order valence-electron chi connectivity index (χ1n) is 10.0. The van der Waals surface area contributed by atoms with Crippen LogP contribution in [0.5, 0.6) is 5.75 Å². The zero-order valence-corrected chi connectivity index (χ0v) is 17.4. The zero-order valence-electron chi connectivity index (χ0n) is 17.4. The number of nitrogens with one attached hydrogen (secondary N) is 1. The van der Waals surface area contributed by atoms with Crippen LogP contribution in [0.3, 0.4) is 0 Å². The quantitative estimate of drug-likeness (QED) is 0.612. The Morgan fingerprint density at radius 3 is 2.25 bits per heavy atom. The molecule has 7 nitrogen and oxygen atoms in total. The molecule has 1 aliphatic heterocycles. The van der Waals surface area contributed by atoms with Gasteiger partial charge in [0.05, 0.1) is 18.4 Å². The molecule has 3 aromatic rings. The van der Waals surface area contributed by atoms with E-state index in [-0.39, 0.29) is 17.2 Å². The number of hydrogen-bond donors (Lipinski definition) is 2. The molecule has 0 spiro atoms. The molecular formula is C22H23F3N6O. The summed E-state index contributed by atoms with van der Waals surface area (Å²) in [7, 11) is 1.63. The highest BCUT2D eigenvalue weighted by Crippen LogP contribution is 2.37. The van der Waals surface area contributed by atoms with Crippen molar-refractivity contribution in [3.8, 4) is 5.75 Å². The van der Waals surface area contributed by atoms with Crippen LogP contribution in [0.4, 0.5) is 41.9 Å². The minimum atomic E-state index is -4.49. The van der Waals surface area contributed by atoms with Crippen molar-refractivity contribution in [2.45, 2.75) is 6.18 Å². The molecule has 1 fully saturated rings. The van der Waals surface area contributed by atoms with Gasteiger partial charge in [-0.05, 0) is 36.4 Å². The fraction of sp³-hybridized carbons (Fsp3) is 0.273. The number of nitrogens with two attached hydrogens (primary N) is 1. The Morgan fingerprint density at radius 1 is 0.938 bits per heavy atom. The summed E-state index contributed by atoms with van der Waals surface area (Å²) < 4.78 is 45.2. The molecule has 0 amide bonds. The van der Waals surface area contributed by atoms with E-state index in [0.29, 0.717) is 18.9 Å². The third kappa shape index (κ3) is 4.48. The SMILES string of the molecule is COc1ccc(N2CCN(c3ncnc(Nc4ccccc4C(F)(F)F)c3N)CC2)cc1. The van der Waals surface area contributed by atoms with E-state index >= 15 is 0 Å². The van der Waals surface area contributed by atoms with Gasteiger partial charge in [-0.15, -0.1) is 0 Å². The molecule has 168 valence electrons. The van der Waals surface area contributed by atoms with Gasteiger partial charge in [-0.3, -0.25) is 0 Å². The fourth-order valence-corrected chi connectivity index (χ4v) is 3.67. The van der Waals surface area contributed by atoms with Crippen molar-refractivity contribution in [1.29, 1.82) is 0 Å². The van der Waals surface area contributed by atoms with Gasteiger partial charge in [0.1, 0.15) is 17.8 Å². The molecule has 3 N–H and O–H groups in total. The Hall–Kier alpha value is -3.69. The summed E-state index contributed by atoms with van der Waals surface area (Å²) in [6, 6.07) is 13.1. The van der Waals surface area contributed by atoms with E-state index in [1.807, 2.05) is 29.2 Å². The highest BCUT2D eigenvalue weighted by Gasteiger charge is 2.33. The average Bonchev–Trinajstić information content (AvgIpc) is 2.80. The van der Waals surface area contributed by atoms with Gasteiger partial charge in [0.25, 0.3) is 0 Å². The standard InChI is InChI=1S/C22H23F3N6O/c1-32-16-8-6-15(7-9-16)30-10-12-31(13-11-30)21-19(26)20(27-14-28-21)29-18-5-3-2-4-17(18)22(23,24)25/h2-9,14H,10-13,26H2,1H3,(H,27,28,29). The molecule has 0 aliphatic carbocycles. The summed E-state index contributed by atoms with van der Waals surface area (Å²) in [6.07, 6.45) is -3.19. The lowest BCUT2D eigenvalue weighted by atomic mass is 10.1. The number of benzene rings is 2. The van der Waals surface area contributed by atoms with Gasteiger partial charge in [-0.25, -0.2) is 9.97 Å². The van der Waals surface area contributed by atoms with E-state index in [1.165, 1.54) is 24.5 Å². The molecule has 2 heterocycles. The van der Waals surface area contributed by atoms with Gasteiger partial charge in [0, 0.05) is 31.9 Å².